The lowest BCUT2D eigenvalue weighted by molar-refractivity contribution is -0.126. The van der Waals surface area contributed by atoms with E-state index >= 15 is 0 Å². The first kappa shape index (κ1) is 15.7. The predicted octanol–water partition coefficient (Wildman–Crippen LogP) is 3.05. The van der Waals surface area contributed by atoms with Crippen molar-refractivity contribution in [3.8, 4) is 0 Å². The first-order valence-electron chi connectivity index (χ1n) is 6.51. The van der Waals surface area contributed by atoms with Crippen LogP contribution in [0, 0.1) is 5.92 Å². The number of benzene rings is 1. The summed E-state index contributed by atoms with van der Waals surface area (Å²) in [5, 5.41) is 6.49. The third kappa shape index (κ3) is 3.92. The van der Waals surface area contributed by atoms with Crippen LogP contribution < -0.4 is 10.6 Å². The van der Waals surface area contributed by atoms with Gasteiger partial charge in [0, 0.05) is 11.9 Å². The fourth-order valence-corrected chi connectivity index (χ4v) is 2.91. The first-order valence-corrected chi connectivity index (χ1v) is 7.70. The normalized spacial score (nSPS) is 12.4. The summed E-state index contributed by atoms with van der Waals surface area (Å²) in [6, 6.07) is 4.80. The molecule has 1 atom stereocenters. The van der Waals surface area contributed by atoms with Gasteiger partial charge in [-0.05, 0) is 24.1 Å². The third-order valence-electron chi connectivity index (χ3n) is 2.89. The van der Waals surface area contributed by atoms with Crippen molar-refractivity contribution < 1.29 is 9.59 Å². The highest BCUT2D eigenvalue weighted by Gasteiger charge is 2.23. The number of hydrogen-bond donors (Lipinski definition) is 2. The molecule has 0 aliphatic carbocycles. The van der Waals surface area contributed by atoms with E-state index in [1.165, 1.54) is 18.3 Å². The number of carbonyl (C=O) groups excluding carboxylic acids is 2. The fraction of sp³-hybridized carbons (Fsp3) is 0.357. The number of hydrogen-bond acceptors (Lipinski definition) is 4. The minimum absolute atomic E-state index is 0.0160. The second-order valence-corrected chi connectivity index (χ2v) is 6.51. The molecule has 2 aromatic rings. The summed E-state index contributed by atoms with van der Waals surface area (Å²) in [6.07, 6.45) is 0. The van der Waals surface area contributed by atoms with Crippen LogP contribution in [0.3, 0.4) is 0 Å². The van der Waals surface area contributed by atoms with E-state index in [-0.39, 0.29) is 17.7 Å². The SMILES string of the molecule is CC(=O)N[C@H](C(=O)Nc1nc2cc(Cl)ccc2s1)C(C)C. The van der Waals surface area contributed by atoms with Gasteiger partial charge < -0.3 is 10.6 Å². The number of carbonyl (C=O) groups is 2. The molecule has 21 heavy (non-hydrogen) atoms. The summed E-state index contributed by atoms with van der Waals surface area (Å²) in [5.74, 6) is -0.525. The molecular weight excluding hydrogens is 310 g/mol. The predicted molar refractivity (Wildman–Crippen MR) is 85.7 cm³/mol. The number of nitrogens with one attached hydrogen (secondary N) is 2. The molecule has 5 nitrogen and oxygen atoms in total. The molecule has 7 heteroatoms. The molecule has 0 radical (unpaired) electrons. The Balaban J connectivity index is 2.17. The molecule has 0 bridgehead atoms. The number of nitrogens with zero attached hydrogens (tertiary/aromatic N) is 1. The fourth-order valence-electron chi connectivity index (χ4n) is 1.89. The van der Waals surface area contributed by atoms with Gasteiger partial charge in [0.2, 0.25) is 11.8 Å². The molecule has 0 aliphatic rings. The number of rotatable bonds is 4. The lowest BCUT2D eigenvalue weighted by Crippen LogP contribution is -2.46. The molecule has 2 amide bonds. The van der Waals surface area contributed by atoms with Gasteiger partial charge in [-0.2, -0.15) is 0 Å². The second kappa shape index (κ2) is 6.41. The van der Waals surface area contributed by atoms with Crippen molar-refractivity contribution in [2.24, 2.45) is 5.92 Å². The van der Waals surface area contributed by atoms with Crippen LogP contribution in [0.25, 0.3) is 10.2 Å². The number of aromatic nitrogens is 1. The summed E-state index contributed by atoms with van der Waals surface area (Å²) >= 11 is 7.28. The smallest absolute Gasteiger partial charge is 0.248 e. The van der Waals surface area contributed by atoms with Crippen LogP contribution in [-0.4, -0.2) is 22.8 Å². The first-order chi connectivity index (χ1) is 9.86. The van der Waals surface area contributed by atoms with Crippen molar-refractivity contribution in [2.75, 3.05) is 5.32 Å². The van der Waals surface area contributed by atoms with Gasteiger partial charge in [0.05, 0.1) is 10.2 Å². The number of halogens is 1. The Morgan fingerprint density at radius 3 is 2.67 bits per heavy atom. The maximum Gasteiger partial charge on any atom is 0.248 e. The third-order valence-corrected chi connectivity index (χ3v) is 4.07. The van der Waals surface area contributed by atoms with Crippen LogP contribution in [0.15, 0.2) is 18.2 Å². The molecule has 112 valence electrons. The van der Waals surface area contributed by atoms with Crippen LogP contribution in [-0.2, 0) is 9.59 Å². The van der Waals surface area contributed by atoms with Gasteiger partial charge >= 0.3 is 0 Å². The highest BCUT2D eigenvalue weighted by atomic mass is 35.5. The summed E-state index contributed by atoms with van der Waals surface area (Å²) in [4.78, 5) is 27.7. The van der Waals surface area contributed by atoms with E-state index in [0.29, 0.717) is 10.2 Å². The van der Waals surface area contributed by atoms with Crippen LogP contribution >= 0.6 is 22.9 Å². The Morgan fingerprint density at radius 2 is 2.05 bits per heavy atom. The molecule has 1 heterocycles. The highest BCUT2D eigenvalue weighted by molar-refractivity contribution is 7.22. The summed E-state index contributed by atoms with van der Waals surface area (Å²) in [5.41, 5.74) is 0.739. The minimum Gasteiger partial charge on any atom is -0.344 e. The zero-order valence-corrected chi connectivity index (χ0v) is 13.5. The van der Waals surface area contributed by atoms with Crippen LogP contribution in [0.2, 0.25) is 5.02 Å². The van der Waals surface area contributed by atoms with E-state index in [1.54, 1.807) is 12.1 Å². The van der Waals surface area contributed by atoms with E-state index in [2.05, 4.69) is 15.6 Å². The quantitative estimate of drug-likeness (QED) is 0.907. The zero-order chi connectivity index (χ0) is 15.6. The van der Waals surface area contributed by atoms with Crippen molar-refractivity contribution in [1.29, 1.82) is 0 Å². The van der Waals surface area contributed by atoms with E-state index in [0.717, 1.165) is 10.2 Å². The van der Waals surface area contributed by atoms with Crippen molar-refractivity contribution in [1.82, 2.24) is 10.3 Å². The molecule has 1 aromatic heterocycles. The van der Waals surface area contributed by atoms with Crippen molar-refractivity contribution in [3.05, 3.63) is 23.2 Å². The Bertz CT molecular complexity index is 684. The molecular formula is C14H16ClN3O2S. The van der Waals surface area contributed by atoms with Crippen molar-refractivity contribution in [3.63, 3.8) is 0 Å². The van der Waals surface area contributed by atoms with Gasteiger partial charge in [-0.1, -0.05) is 36.8 Å². The molecule has 0 unspecified atom stereocenters. The Morgan fingerprint density at radius 1 is 1.33 bits per heavy atom. The minimum atomic E-state index is -0.585. The molecule has 2 N–H and O–H groups in total. The summed E-state index contributed by atoms with van der Waals surface area (Å²) in [7, 11) is 0. The number of thiazole rings is 1. The van der Waals surface area contributed by atoms with Gasteiger partial charge in [0.1, 0.15) is 6.04 Å². The Kier molecular flexibility index (Phi) is 4.80. The van der Waals surface area contributed by atoms with Crippen LogP contribution in [0.5, 0.6) is 0 Å². The summed E-state index contributed by atoms with van der Waals surface area (Å²) in [6.45, 7) is 5.14. The monoisotopic (exact) mass is 325 g/mol. The Hall–Kier alpha value is -1.66. The van der Waals surface area contributed by atoms with Crippen LogP contribution in [0.1, 0.15) is 20.8 Å². The number of anilines is 1. The lowest BCUT2D eigenvalue weighted by atomic mass is 10.0. The molecule has 2 rings (SSSR count). The molecule has 0 saturated carbocycles. The highest BCUT2D eigenvalue weighted by Crippen LogP contribution is 2.28. The maximum absolute atomic E-state index is 12.2. The van der Waals surface area contributed by atoms with Crippen LogP contribution in [0.4, 0.5) is 5.13 Å². The second-order valence-electron chi connectivity index (χ2n) is 5.04. The van der Waals surface area contributed by atoms with Gasteiger partial charge in [0.15, 0.2) is 5.13 Å². The molecule has 0 saturated heterocycles. The van der Waals surface area contributed by atoms with Gasteiger partial charge in [-0.25, -0.2) is 4.98 Å². The van der Waals surface area contributed by atoms with E-state index < -0.39 is 6.04 Å². The van der Waals surface area contributed by atoms with Gasteiger partial charge in [-0.3, -0.25) is 9.59 Å². The Labute approximate surface area is 131 Å². The van der Waals surface area contributed by atoms with E-state index in [4.69, 9.17) is 11.6 Å². The number of amides is 2. The largest absolute Gasteiger partial charge is 0.344 e. The zero-order valence-electron chi connectivity index (χ0n) is 11.9. The average molecular weight is 326 g/mol. The lowest BCUT2D eigenvalue weighted by Gasteiger charge is -2.19. The van der Waals surface area contributed by atoms with E-state index in [1.807, 2.05) is 19.9 Å². The molecule has 1 aromatic carbocycles. The van der Waals surface area contributed by atoms with Gasteiger partial charge in [0.25, 0.3) is 0 Å². The standard InChI is InChI=1S/C14H16ClN3O2S/c1-7(2)12(16-8(3)19)13(20)18-14-17-10-6-9(15)4-5-11(10)21-14/h4-7,12H,1-3H3,(H,16,19)(H,17,18,20)/t12-/m0/s1. The van der Waals surface area contributed by atoms with Crippen molar-refractivity contribution >= 4 is 50.1 Å². The number of fused-ring (bicyclic) bond motifs is 1. The average Bonchev–Trinajstić information content (AvgIpc) is 2.76. The maximum atomic E-state index is 12.2. The topological polar surface area (TPSA) is 71.1 Å². The summed E-state index contributed by atoms with van der Waals surface area (Å²) < 4.78 is 0.940. The van der Waals surface area contributed by atoms with Gasteiger partial charge in [-0.15, -0.1) is 0 Å². The molecule has 0 spiro atoms. The molecule has 0 fully saturated rings. The van der Waals surface area contributed by atoms with Crippen molar-refractivity contribution in [2.45, 2.75) is 26.8 Å². The van der Waals surface area contributed by atoms with E-state index in [9.17, 15) is 9.59 Å². The molecule has 0 aliphatic heterocycles.